The van der Waals surface area contributed by atoms with Crippen LogP contribution in [0.15, 0.2) is 24.3 Å². The maximum Gasteiger partial charge on any atom is 0.265 e. The molecule has 0 radical (unpaired) electrons. The Morgan fingerprint density at radius 2 is 2.09 bits per heavy atom. The van der Waals surface area contributed by atoms with Gasteiger partial charge in [0.2, 0.25) is 0 Å². The average molecular weight is 349 g/mol. The Morgan fingerprint density at radius 3 is 2.74 bits per heavy atom. The van der Waals surface area contributed by atoms with E-state index in [9.17, 15) is 4.79 Å². The number of hydrogen-bond donors (Lipinski definition) is 1. The number of nitrogens with zero attached hydrogens (tertiary/aromatic N) is 3. The molecule has 0 aliphatic heterocycles. The largest absolute Gasteiger partial charge is 0.376 e. The highest BCUT2D eigenvalue weighted by Crippen LogP contribution is 2.31. The molecular formula is C16H17ClN4OS. The van der Waals surface area contributed by atoms with Crippen molar-refractivity contribution in [3.8, 4) is 0 Å². The zero-order chi connectivity index (χ0) is 16.7. The van der Waals surface area contributed by atoms with Gasteiger partial charge in [-0.1, -0.05) is 11.6 Å². The van der Waals surface area contributed by atoms with Gasteiger partial charge in [0.25, 0.3) is 5.91 Å². The zero-order valence-electron chi connectivity index (χ0n) is 13.3. The first-order chi connectivity index (χ1) is 10.9. The molecule has 2 heterocycles. The van der Waals surface area contributed by atoms with Crippen molar-refractivity contribution in [1.29, 1.82) is 0 Å². The van der Waals surface area contributed by atoms with Crippen molar-refractivity contribution in [2.24, 2.45) is 7.05 Å². The molecule has 0 saturated heterocycles. The lowest BCUT2D eigenvalue weighted by Crippen LogP contribution is -2.16. The molecule has 3 rings (SSSR count). The maximum atomic E-state index is 12.6. The minimum Gasteiger partial charge on any atom is -0.376 e. The molecule has 0 spiro atoms. The van der Waals surface area contributed by atoms with Gasteiger partial charge in [-0.05, 0) is 31.2 Å². The van der Waals surface area contributed by atoms with Crippen LogP contribution in [0.4, 0.5) is 11.4 Å². The van der Waals surface area contributed by atoms with Crippen LogP contribution in [0, 0.1) is 6.92 Å². The Hall–Kier alpha value is -2.05. The molecule has 5 nitrogen and oxygen atoms in total. The first kappa shape index (κ1) is 15.8. The topological polar surface area (TPSA) is 50.2 Å². The third-order valence-corrected chi connectivity index (χ3v) is 5.04. The number of carbonyl (C=O) groups is 1. The fourth-order valence-electron chi connectivity index (χ4n) is 2.50. The lowest BCUT2D eigenvalue weighted by Gasteiger charge is -2.18. The van der Waals surface area contributed by atoms with Gasteiger partial charge in [-0.2, -0.15) is 5.10 Å². The highest BCUT2D eigenvalue weighted by atomic mass is 35.5. The Labute approximate surface area is 143 Å². The maximum absolute atomic E-state index is 12.6. The molecule has 0 aliphatic rings. The van der Waals surface area contributed by atoms with E-state index in [4.69, 9.17) is 11.6 Å². The third-order valence-electron chi connectivity index (χ3n) is 3.61. The minimum atomic E-state index is -0.143. The van der Waals surface area contributed by atoms with Crippen molar-refractivity contribution < 1.29 is 4.79 Å². The summed E-state index contributed by atoms with van der Waals surface area (Å²) in [5.41, 5.74) is 2.52. The lowest BCUT2D eigenvalue weighted by molar-refractivity contribution is 0.103. The number of rotatable bonds is 3. The molecule has 1 N–H and O–H groups in total. The molecule has 0 aliphatic carbocycles. The van der Waals surface area contributed by atoms with Gasteiger partial charge < -0.3 is 10.2 Å². The highest BCUT2D eigenvalue weighted by Gasteiger charge is 2.16. The van der Waals surface area contributed by atoms with Crippen LogP contribution < -0.4 is 10.2 Å². The Kier molecular flexibility index (Phi) is 4.04. The number of halogens is 1. The standard InChI is InChI=1S/C16H17ClN4OS/c1-9-11-8-14(23-16(11)21(4)19-9)15(22)18-12-7-10(17)5-6-13(12)20(2)3/h5-8H,1-4H3,(H,18,22). The monoisotopic (exact) mass is 348 g/mol. The molecule has 1 amide bonds. The number of amides is 1. The van der Waals surface area contributed by atoms with Crippen molar-refractivity contribution >= 4 is 50.4 Å². The van der Waals surface area contributed by atoms with Crippen molar-refractivity contribution in [3.05, 3.63) is 39.9 Å². The number of carbonyl (C=O) groups excluding carboxylic acids is 1. The van der Waals surface area contributed by atoms with Gasteiger partial charge in [-0.15, -0.1) is 11.3 Å². The summed E-state index contributed by atoms with van der Waals surface area (Å²) in [5, 5.41) is 8.91. The van der Waals surface area contributed by atoms with Gasteiger partial charge in [-0.25, -0.2) is 0 Å². The summed E-state index contributed by atoms with van der Waals surface area (Å²) in [6, 6.07) is 7.34. The SMILES string of the molecule is Cc1nn(C)c2sc(C(=O)Nc3cc(Cl)ccc3N(C)C)cc12. The summed E-state index contributed by atoms with van der Waals surface area (Å²) in [4.78, 5) is 16.2. The quantitative estimate of drug-likeness (QED) is 0.780. The molecule has 0 atom stereocenters. The second-order valence-electron chi connectivity index (χ2n) is 5.55. The van der Waals surface area contributed by atoms with E-state index in [2.05, 4.69) is 10.4 Å². The van der Waals surface area contributed by atoms with Gasteiger partial charge >= 0.3 is 0 Å². The molecule has 0 bridgehead atoms. The highest BCUT2D eigenvalue weighted by molar-refractivity contribution is 7.20. The average Bonchev–Trinajstić information content (AvgIpc) is 3.01. The number of thiophene rings is 1. The molecule has 7 heteroatoms. The van der Waals surface area contributed by atoms with E-state index in [0.717, 1.165) is 21.6 Å². The molecule has 0 fully saturated rings. The summed E-state index contributed by atoms with van der Waals surface area (Å²) in [6.07, 6.45) is 0. The summed E-state index contributed by atoms with van der Waals surface area (Å²) in [6.45, 7) is 1.94. The van der Waals surface area contributed by atoms with E-state index < -0.39 is 0 Å². The van der Waals surface area contributed by atoms with Crippen molar-refractivity contribution in [1.82, 2.24) is 9.78 Å². The molecule has 0 unspecified atom stereocenters. The van der Waals surface area contributed by atoms with Crippen LogP contribution in [-0.4, -0.2) is 29.8 Å². The van der Waals surface area contributed by atoms with E-state index in [1.54, 1.807) is 16.8 Å². The van der Waals surface area contributed by atoms with E-state index in [0.29, 0.717) is 15.6 Å². The van der Waals surface area contributed by atoms with Crippen LogP contribution in [0.1, 0.15) is 15.4 Å². The molecule has 120 valence electrons. The first-order valence-corrected chi connectivity index (χ1v) is 8.27. The summed E-state index contributed by atoms with van der Waals surface area (Å²) >= 11 is 7.49. The summed E-state index contributed by atoms with van der Waals surface area (Å²) in [7, 11) is 5.73. The Bertz CT molecular complexity index is 863. The molecule has 2 aromatic heterocycles. The number of nitrogens with one attached hydrogen (secondary N) is 1. The van der Waals surface area contributed by atoms with E-state index in [-0.39, 0.29) is 5.91 Å². The van der Waals surface area contributed by atoms with Gasteiger partial charge in [-0.3, -0.25) is 9.48 Å². The van der Waals surface area contributed by atoms with Crippen molar-refractivity contribution in [2.45, 2.75) is 6.92 Å². The van der Waals surface area contributed by atoms with E-state index in [1.807, 2.05) is 45.1 Å². The van der Waals surface area contributed by atoms with Crippen LogP contribution >= 0.6 is 22.9 Å². The van der Waals surface area contributed by atoms with Crippen LogP contribution in [0.3, 0.4) is 0 Å². The minimum absolute atomic E-state index is 0.143. The summed E-state index contributed by atoms with van der Waals surface area (Å²) in [5.74, 6) is -0.143. The molecule has 1 aromatic carbocycles. The number of fused-ring (bicyclic) bond motifs is 1. The number of benzene rings is 1. The molecule has 23 heavy (non-hydrogen) atoms. The van der Waals surface area contributed by atoms with Gasteiger partial charge in [0.15, 0.2) is 0 Å². The van der Waals surface area contributed by atoms with Gasteiger partial charge in [0.1, 0.15) is 4.83 Å². The zero-order valence-corrected chi connectivity index (χ0v) is 14.9. The molecule has 0 saturated carbocycles. The van der Waals surface area contributed by atoms with Crippen molar-refractivity contribution in [3.63, 3.8) is 0 Å². The number of anilines is 2. The normalized spacial score (nSPS) is 11.0. The van der Waals surface area contributed by atoms with Crippen LogP contribution in [0.2, 0.25) is 5.02 Å². The lowest BCUT2D eigenvalue weighted by atomic mass is 10.2. The van der Waals surface area contributed by atoms with Crippen LogP contribution in [0.25, 0.3) is 10.2 Å². The first-order valence-electron chi connectivity index (χ1n) is 7.08. The van der Waals surface area contributed by atoms with Gasteiger partial charge in [0, 0.05) is 31.6 Å². The second kappa shape index (κ2) is 5.86. The van der Waals surface area contributed by atoms with E-state index in [1.165, 1.54) is 11.3 Å². The smallest absolute Gasteiger partial charge is 0.265 e. The predicted octanol–water partition coefficient (Wildman–Crippen LogP) is 3.91. The number of aromatic nitrogens is 2. The Morgan fingerprint density at radius 1 is 1.35 bits per heavy atom. The van der Waals surface area contributed by atoms with Crippen molar-refractivity contribution in [2.75, 3.05) is 24.3 Å². The second-order valence-corrected chi connectivity index (χ2v) is 7.02. The van der Waals surface area contributed by atoms with Crippen LogP contribution in [0.5, 0.6) is 0 Å². The van der Waals surface area contributed by atoms with E-state index >= 15 is 0 Å². The van der Waals surface area contributed by atoms with Crippen LogP contribution in [-0.2, 0) is 7.05 Å². The number of hydrogen-bond acceptors (Lipinski definition) is 4. The molecule has 3 aromatic rings. The molecular weight excluding hydrogens is 332 g/mol. The summed E-state index contributed by atoms with van der Waals surface area (Å²) < 4.78 is 1.80. The van der Waals surface area contributed by atoms with Gasteiger partial charge in [0.05, 0.1) is 21.9 Å². The third kappa shape index (κ3) is 2.92. The number of aryl methyl sites for hydroxylation is 2. The predicted molar refractivity (Wildman–Crippen MR) is 97.1 cm³/mol. The fraction of sp³-hybridized carbons (Fsp3) is 0.250. The Balaban J connectivity index is 1.94. The fourth-order valence-corrected chi connectivity index (χ4v) is 3.69.